The molecule has 0 spiro atoms. The van der Waals surface area contributed by atoms with E-state index in [0.717, 1.165) is 18.7 Å². The van der Waals surface area contributed by atoms with Crippen LogP contribution in [0.1, 0.15) is 31.9 Å². The molecule has 0 bridgehead atoms. The number of ether oxygens (including phenoxy) is 1. The van der Waals surface area contributed by atoms with Crippen molar-refractivity contribution in [1.82, 2.24) is 5.32 Å². The average molecular weight is 273 g/mol. The molecule has 0 saturated heterocycles. The molecule has 2 aromatic carbocycles. The Labute approximate surface area is 119 Å². The molecule has 0 aliphatic carbocycles. The molecule has 2 aromatic rings. The third-order valence-electron chi connectivity index (χ3n) is 3.13. The maximum atomic E-state index is 12.8. The first kappa shape index (κ1) is 14.5. The van der Waals surface area contributed by atoms with Crippen LogP contribution < -0.4 is 10.1 Å². The highest BCUT2D eigenvalue weighted by Crippen LogP contribution is 2.23. The first-order valence-electron chi connectivity index (χ1n) is 6.96. The summed E-state index contributed by atoms with van der Waals surface area (Å²) in [6.45, 7) is 5.31. The molecule has 1 N–H and O–H groups in total. The van der Waals surface area contributed by atoms with Crippen LogP contribution in [-0.2, 0) is 0 Å². The van der Waals surface area contributed by atoms with Gasteiger partial charge in [-0.15, -0.1) is 0 Å². The zero-order valence-electron chi connectivity index (χ0n) is 11.9. The summed E-state index contributed by atoms with van der Waals surface area (Å²) in [4.78, 5) is 0. The van der Waals surface area contributed by atoms with Gasteiger partial charge in [0.1, 0.15) is 17.3 Å². The van der Waals surface area contributed by atoms with Crippen LogP contribution in [-0.4, -0.2) is 6.54 Å². The average Bonchev–Trinajstić information content (AvgIpc) is 2.48. The van der Waals surface area contributed by atoms with Gasteiger partial charge >= 0.3 is 0 Å². The molecule has 1 unspecified atom stereocenters. The fraction of sp³-hybridized carbons (Fsp3) is 0.294. The lowest BCUT2D eigenvalue weighted by Gasteiger charge is -2.14. The lowest BCUT2D eigenvalue weighted by molar-refractivity contribution is 0.479. The van der Waals surface area contributed by atoms with E-state index < -0.39 is 0 Å². The molecule has 0 aliphatic heterocycles. The van der Waals surface area contributed by atoms with Gasteiger partial charge in [-0.25, -0.2) is 4.39 Å². The van der Waals surface area contributed by atoms with Gasteiger partial charge in [-0.2, -0.15) is 0 Å². The van der Waals surface area contributed by atoms with Crippen molar-refractivity contribution in [2.75, 3.05) is 6.54 Å². The summed E-state index contributed by atoms with van der Waals surface area (Å²) in [5.41, 5.74) is 1.23. The number of halogens is 1. The largest absolute Gasteiger partial charge is 0.457 e. The van der Waals surface area contributed by atoms with Crippen molar-refractivity contribution in [3.8, 4) is 11.5 Å². The van der Waals surface area contributed by atoms with Crippen LogP contribution in [0.25, 0.3) is 0 Å². The van der Waals surface area contributed by atoms with E-state index in [4.69, 9.17) is 4.74 Å². The fourth-order valence-corrected chi connectivity index (χ4v) is 1.94. The van der Waals surface area contributed by atoms with Gasteiger partial charge in [0, 0.05) is 6.04 Å². The van der Waals surface area contributed by atoms with Crippen LogP contribution in [0, 0.1) is 5.82 Å². The Balaban J connectivity index is 1.99. The molecule has 1 atom stereocenters. The van der Waals surface area contributed by atoms with Gasteiger partial charge in [0.05, 0.1) is 0 Å². The quantitative estimate of drug-likeness (QED) is 0.825. The van der Waals surface area contributed by atoms with E-state index >= 15 is 0 Å². The highest BCUT2D eigenvalue weighted by Gasteiger charge is 2.04. The summed E-state index contributed by atoms with van der Waals surface area (Å²) in [5.74, 6) is 1.13. The molecular formula is C17H20FNO. The number of rotatable bonds is 6. The van der Waals surface area contributed by atoms with Crippen LogP contribution in [0.5, 0.6) is 11.5 Å². The predicted molar refractivity (Wildman–Crippen MR) is 79.6 cm³/mol. The van der Waals surface area contributed by atoms with Gasteiger partial charge in [0.25, 0.3) is 0 Å². The Bertz CT molecular complexity index is 522. The second-order valence-corrected chi connectivity index (χ2v) is 4.80. The monoisotopic (exact) mass is 273 g/mol. The highest BCUT2D eigenvalue weighted by molar-refractivity contribution is 5.33. The Hall–Kier alpha value is -1.87. The minimum atomic E-state index is -0.261. The molecule has 0 aliphatic rings. The third kappa shape index (κ3) is 4.07. The van der Waals surface area contributed by atoms with Crippen LogP contribution in [0.3, 0.4) is 0 Å². The van der Waals surface area contributed by atoms with Gasteiger partial charge in [0.2, 0.25) is 0 Å². The van der Waals surface area contributed by atoms with Gasteiger partial charge in [-0.1, -0.05) is 19.1 Å². The van der Waals surface area contributed by atoms with Crippen molar-refractivity contribution in [2.45, 2.75) is 26.3 Å². The smallest absolute Gasteiger partial charge is 0.127 e. The van der Waals surface area contributed by atoms with Gasteiger partial charge in [0.15, 0.2) is 0 Å². The van der Waals surface area contributed by atoms with Gasteiger partial charge < -0.3 is 10.1 Å². The van der Waals surface area contributed by atoms with Crippen molar-refractivity contribution in [3.63, 3.8) is 0 Å². The van der Waals surface area contributed by atoms with Crippen molar-refractivity contribution >= 4 is 0 Å². The van der Waals surface area contributed by atoms with Crippen LogP contribution in [0.2, 0.25) is 0 Å². The van der Waals surface area contributed by atoms with E-state index in [1.807, 2.05) is 24.3 Å². The SMILES string of the molecule is CCCNC(C)c1ccc(Oc2ccc(F)cc2)cc1. The second-order valence-electron chi connectivity index (χ2n) is 4.80. The standard InChI is InChI=1S/C17H20FNO/c1-3-12-19-13(2)14-4-8-16(9-5-14)20-17-10-6-15(18)7-11-17/h4-11,13,19H,3,12H2,1-2H3. The molecule has 0 aromatic heterocycles. The van der Waals surface area contributed by atoms with Gasteiger partial charge in [-0.05, 0) is 61.9 Å². The lowest BCUT2D eigenvalue weighted by atomic mass is 10.1. The van der Waals surface area contributed by atoms with E-state index in [2.05, 4.69) is 19.2 Å². The molecule has 2 nitrogen and oxygen atoms in total. The lowest BCUT2D eigenvalue weighted by Crippen LogP contribution is -2.19. The fourth-order valence-electron chi connectivity index (χ4n) is 1.94. The summed E-state index contributed by atoms with van der Waals surface area (Å²) in [7, 11) is 0. The Morgan fingerprint density at radius 1 is 1.00 bits per heavy atom. The summed E-state index contributed by atoms with van der Waals surface area (Å²) in [6, 6.07) is 14.3. The van der Waals surface area contributed by atoms with E-state index in [9.17, 15) is 4.39 Å². The maximum absolute atomic E-state index is 12.8. The summed E-state index contributed by atoms with van der Waals surface area (Å²) in [5, 5.41) is 3.44. The molecular weight excluding hydrogens is 253 g/mol. The summed E-state index contributed by atoms with van der Waals surface area (Å²) >= 11 is 0. The van der Waals surface area contributed by atoms with E-state index in [1.165, 1.54) is 17.7 Å². The maximum Gasteiger partial charge on any atom is 0.127 e. The minimum absolute atomic E-state index is 0.261. The zero-order valence-corrected chi connectivity index (χ0v) is 11.9. The summed E-state index contributed by atoms with van der Waals surface area (Å²) in [6.07, 6.45) is 1.12. The molecule has 0 radical (unpaired) electrons. The minimum Gasteiger partial charge on any atom is -0.457 e. The van der Waals surface area contributed by atoms with Gasteiger partial charge in [-0.3, -0.25) is 0 Å². The molecule has 0 fully saturated rings. The molecule has 0 saturated carbocycles. The molecule has 0 amide bonds. The number of hydrogen-bond donors (Lipinski definition) is 1. The number of benzene rings is 2. The molecule has 2 rings (SSSR count). The van der Waals surface area contributed by atoms with Crippen molar-refractivity contribution in [2.24, 2.45) is 0 Å². The summed E-state index contributed by atoms with van der Waals surface area (Å²) < 4.78 is 18.5. The van der Waals surface area contributed by atoms with Crippen LogP contribution >= 0.6 is 0 Å². The Morgan fingerprint density at radius 3 is 2.10 bits per heavy atom. The molecule has 20 heavy (non-hydrogen) atoms. The van der Waals surface area contributed by atoms with Crippen molar-refractivity contribution in [3.05, 3.63) is 59.9 Å². The first-order chi connectivity index (χ1) is 9.69. The van der Waals surface area contributed by atoms with Crippen LogP contribution in [0.15, 0.2) is 48.5 Å². The first-order valence-corrected chi connectivity index (χ1v) is 6.96. The van der Waals surface area contributed by atoms with Crippen molar-refractivity contribution < 1.29 is 9.13 Å². The van der Waals surface area contributed by atoms with E-state index in [-0.39, 0.29) is 5.82 Å². The molecule has 3 heteroatoms. The molecule has 0 heterocycles. The Kier molecular flexibility index (Phi) is 5.13. The number of hydrogen-bond acceptors (Lipinski definition) is 2. The number of nitrogens with one attached hydrogen (secondary N) is 1. The van der Waals surface area contributed by atoms with Crippen molar-refractivity contribution in [1.29, 1.82) is 0 Å². The van der Waals surface area contributed by atoms with E-state index in [0.29, 0.717) is 11.8 Å². The van der Waals surface area contributed by atoms with E-state index in [1.54, 1.807) is 12.1 Å². The normalized spacial score (nSPS) is 12.2. The molecule has 106 valence electrons. The third-order valence-corrected chi connectivity index (χ3v) is 3.13. The Morgan fingerprint density at radius 2 is 1.55 bits per heavy atom. The van der Waals surface area contributed by atoms with Crippen LogP contribution in [0.4, 0.5) is 4.39 Å². The predicted octanol–water partition coefficient (Wildman–Crippen LogP) is 4.68. The second kappa shape index (κ2) is 7.06. The zero-order chi connectivity index (χ0) is 14.4. The highest BCUT2D eigenvalue weighted by atomic mass is 19.1. The topological polar surface area (TPSA) is 21.3 Å².